The number of nitrogens with one attached hydrogen (secondary N) is 1. The molecule has 1 aromatic heterocycles. The van der Waals surface area contributed by atoms with Crippen LogP contribution in [-0.2, 0) is 17.6 Å². The Morgan fingerprint density at radius 1 is 1.37 bits per heavy atom. The van der Waals surface area contributed by atoms with Crippen molar-refractivity contribution >= 4 is 22.2 Å². The molecule has 1 aliphatic heterocycles. The van der Waals surface area contributed by atoms with Crippen LogP contribution in [0.1, 0.15) is 46.5 Å². The molecule has 1 atom stereocenters. The van der Waals surface area contributed by atoms with Crippen molar-refractivity contribution in [3.8, 4) is 0 Å². The van der Waals surface area contributed by atoms with Crippen molar-refractivity contribution in [3.63, 3.8) is 0 Å². The average molecular weight is 280 g/mol. The summed E-state index contributed by atoms with van der Waals surface area (Å²) in [5.41, 5.74) is 7.96. The summed E-state index contributed by atoms with van der Waals surface area (Å²) in [6, 6.07) is 0. The number of fused-ring (bicyclic) bond motifs is 1. The van der Waals surface area contributed by atoms with Gasteiger partial charge in [0.25, 0.3) is 5.91 Å². The highest BCUT2D eigenvalue weighted by Crippen LogP contribution is 2.36. The Labute approximate surface area is 117 Å². The van der Waals surface area contributed by atoms with Gasteiger partial charge in [-0.2, -0.15) is 0 Å². The summed E-state index contributed by atoms with van der Waals surface area (Å²) in [5, 5.41) is 3.66. The van der Waals surface area contributed by atoms with Crippen molar-refractivity contribution in [2.75, 3.05) is 18.9 Å². The van der Waals surface area contributed by atoms with Gasteiger partial charge < -0.3 is 15.8 Å². The van der Waals surface area contributed by atoms with Crippen molar-refractivity contribution in [2.45, 2.75) is 44.6 Å². The largest absolute Gasteiger partial charge is 0.390 e. The Morgan fingerprint density at radius 3 is 3.00 bits per heavy atom. The van der Waals surface area contributed by atoms with Gasteiger partial charge in [0.05, 0.1) is 16.7 Å². The van der Waals surface area contributed by atoms with E-state index in [4.69, 9.17) is 10.5 Å². The summed E-state index contributed by atoms with van der Waals surface area (Å²) in [6.45, 7) is 1.42. The third-order valence-corrected chi connectivity index (χ3v) is 5.06. The highest BCUT2D eigenvalue weighted by atomic mass is 32.1. The number of nitrogens with two attached hydrogens (primary N) is 1. The monoisotopic (exact) mass is 280 g/mol. The maximum absolute atomic E-state index is 12.3. The zero-order valence-electron chi connectivity index (χ0n) is 11.0. The van der Waals surface area contributed by atoms with Gasteiger partial charge in [0.2, 0.25) is 0 Å². The molecule has 0 radical (unpaired) electrons. The van der Waals surface area contributed by atoms with Crippen LogP contribution in [-0.4, -0.2) is 25.2 Å². The lowest BCUT2D eigenvalue weighted by Gasteiger charge is -2.14. The molecule has 5 heteroatoms. The molecule has 104 valence electrons. The first-order valence-corrected chi connectivity index (χ1v) is 7.87. The average Bonchev–Trinajstić information content (AvgIpc) is 3.02. The lowest BCUT2D eigenvalue weighted by atomic mass is 9.95. The molecule has 0 saturated carbocycles. The van der Waals surface area contributed by atoms with Crippen LogP contribution in [0.15, 0.2) is 0 Å². The van der Waals surface area contributed by atoms with Crippen LogP contribution in [0, 0.1) is 0 Å². The number of amides is 1. The van der Waals surface area contributed by atoms with E-state index in [1.165, 1.54) is 16.9 Å². The summed E-state index contributed by atoms with van der Waals surface area (Å²) < 4.78 is 5.52. The van der Waals surface area contributed by atoms with Crippen LogP contribution in [0.5, 0.6) is 0 Å². The second-order valence-corrected chi connectivity index (χ2v) is 6.43. The molecule has 1 aliphatic carbocycles. The summed E-state index contributed by atoms with van der Waals surface area (Å²) in [4.78, 5) is 13.6. The molecule has 0 unspecified atom stereocenters. The van der Waals surface area contributed by atoms with E-state index < -0.39 is 0 Å². The van der Waals surface area contributed by atoms with Gasteiger partial charge in [-0.3, -0.25) is 4.79 Å². The predicted molar refractivity (Wildman–Crippen MR) is 76.7 cm³/mol. The van der Waals surface area contributed by atoms with E-state index in [0.29, 0.717) is 11.5 Å². The summed E-state index contributed by atoms with van der Waals surface area (Å²) in [7, 11) is 0. The Morgan fingerprint density at radius 2 is 2.21 bits per heavy atom. The maximum Gasteiger partial charge on any atom is 0.254 e. The molecule has 1 saturated heterocycles. The number of thiophene rings is 1. The van der Waals surface area contributed by atoms with E-state index in [9.17, 15) is 4.79 Å². The quantitative estimate of drug-likeness (QED) is 0.891. The van der Waals surface area contributed by atoms with Crippen molar-refractivity contribution in [1.29, 1.82) is 0 Å². The number of hydrogen-bond acceptors (Lipinski definition) is 4. The molecule has 2 aliphatic rings. The molecule has 0 aromatic carbocycles. The fraction of sp³-hybridized carbons (Fsp3) is 0.643. The number of anilines is 1. The molecular weight excluding hydrogens is 260 g/mol. The van der Waals surface area contributed by atoms with Crippen LogP contribution >= 0.6 is 11.3 Å². The minimum atomic E-state index is -0.0209. The summed E-state index contributed by atoms with van der Waals surface area (Å²) in [5.74, 6) is -0.0209. The third-order valence-electron chi connectivity index (χ3n) is 3.94. The SMILES string of the molecule is Nc1sc2c(c1C(=O)NC[C@@H]1CCCO1)CCCC2. The highest BCUT2D eigenvalue weighted by molar-refractivity contribution is 7.16. The molecule has 0 bridgehead atoms. The number of rotatable bonds is 3. The summed E-state index contributed by atoms with van der Waals surface area (Å²) in [6.07, 6.45) is 6.75. The second kappa shape index (κ2) is 5.51. The van der Waals surface area contributed by atoms with Crippen molar-refractivity contribution in [2.24, 2.45) is 0 Å². The fourth-order valence-corrected chi connectivity index (χ4v) is 4.09. The maximum atomic E-state index is 12.3. The number of ether oxygens (including phenoxy) is 1. The van der Waals surface area contributed by atoms with Gasteiger partial charge in [0, 0.05) is 18.0 Å². The zero-order chi connectivity index (χ0) is 13.2. The van der Waals surface area contributed by atoms with Crippen LogP contribution in [0.3, 0.4) is 0 Å². The van der Waals surface area contributed by atoms with E-state index in [1.807, 2.05) is 0 Å². The number of nitrogen functional groups attached to an aromatic ring is 1. The highest BCUT2D eigenvalue weighted by Gasteiger charge is 2.25. The van der Waals surface area contributed by atoms with Gasteiger partial charge in [0.15, 0.2) is 0 Å². The van der Waals surface area contributed by atoms with Crippen LogP contribution < -0.4 is 11.1 Å². The molecule has 1 aromatic rings. The topological polar surface area (TPSA) is 64.4 Å². The minimum Gasteiger partial charge on any atom is -0.390 e. The molecule has 2 heterocycles. The number of carbonyl (C=O) groups excluding carboxylic acids is 1. The Bertz CT molecular complexity index is 478. The Balaban J connectivity index is 1.70. The molecule has 1 amide bonds. The Kier molecular flexibility index (Phi) is 3.75. The van der Waals surface area contributed by atoms with Crippen LogP contribution in [0.2, 0.25) is 0 Å². The lowest BCUT2D eigenvalue weighted by molar-refractivity contribution is 0.0858. The minimum absolute atomic E-state index is 0.0209. The van der Waals surface area contributed by atoms with Crippen LogP contribution in [0.4, 0.5) is 5.00 Å². The van der Waals surface area contributed by atoms with Crippen LogP contribution in [0.25, 0.3) is 0 Å². The second-order valence-electron chi connectivity index (χ2n) is 5.30. The smallest absolute Gasteiger partial charge is 0.254 e. The molecule has 1 fully saturated rings. The van der Waals surface area contributed by atoms with Gasteiger partial charge in [0.1, 0.15) is 0 Å². The normalized spacial score (nSPS) is 22.2. The Hall–Kier alpha value is -1.07. The van der Waals surface area contributed by atoms with Crippen molar-refractivity contribution in [1.82, 2.24) is 5.32 Å². The molecule has 4 nitrogen and oxygen atoms in total. The number of hydrogen-bond donors (Lipinski definition) is 2. The summed E-state index contributed by atoms with van der Waals surface area (Å²) >= 11 is 1.59. The first-order chi connectivity index (χ1) is 9.25. The number of aryl methyl sites for hydroxylation is 1. The molecule has 19 heavy (non-hydrogen) atoms. The molecule has 3 rings (SSSR count). The van der Waals surface area contributed by atoms with E-state index in [0.717, 1.165) is 44.3 Å². The zero-order valence-corrected chi connectivity index (χ0v) is 11.9. The van der Waals surface area contributed by atoms with E-state index in [-0.39, 0.29) is 12.0 Å². The van der Waals surface area contributed by atoms with E-state index in [1.54, 1.807) is 11.3 Å². The molecule has 3 N–H and O–H groups in total. The lowest BCUT2D eigenvalue weighted by Crippen LogP contribution is -2.32. The molecule has 0 spiro atoms. The first-order valence-electron chi connectivity index (χ1n) is 7.05. The van der Waals surface area contributed by atoms with E-state index in [2.05, 4.69) is 5.32 Å². The van der Waals surface area contributed by atoms with E-state index >= 15 is 0 Å². The third kappa shape index (κ3) is 2.62. The van der Waals surface area contributed by atoms with Gasteiger partial charge in [-0.1, -0.05) is 0 Å². The standard InChI is InChI=1S/C14H20N2O2S/c15-13-12(10-5-1-2-6-11(10)19-13)14(17)16-8-9-4-3-7-18-9/h9H,1-8,15H2,(H,16,17)/t9-/m0/s1. The van der Waals surface area contributed by atoms with Gasteiger partial charge in [-0.25, -0.2) is 0 Å². The predicted octanol–water partition coefficient (Wildman–Crippen LogP) is 2.12. The first kappa shape index (κ1) is 12.9. The van der Waals surface area contributed by atoms with Gasteiger partial charge >= 0.3 is 0 Å². The van der Waals surface area contributed by atoms with Gasteiger partial charge in [-0.15, -0.1) is 11.3 Å². The van der Waals surface area contributed by atoms with Crippen molar-refractivity contribution in [3.05, 3.63) is 16.0 Å². The number of carbonyl (C=O) groups is 1. The fourth-order valence-electron chi connectivity index (χ4n) is 2.94. The molecular formula is C14H20N2O2S. The van der Waals surface area contributed by atoms with Crippen molar-refractivity contribution < 1.29 is 9.53 Å². The van der Waals surface area contributed by atoms with Gasteiger partial charge in [-0.05, 0) is 44.1 Å².